The number of amides is 2. The molecule has 0 aromatic carbocycles. The van der Waals surface area contributed by atoms with Crippen LogP contribution in [-0.2, 0) is 13.0 Å². The summed E-state index contributed by atoms with van der Waals surface area (Å²) in [6.07, 6.45) is 10.0. The van der Waals surface area contributed by atoms with E-state index >= 15 is 0 Å². The van der Waals surface area contributed by atoms with Gasteiger partial charge < -0.3 is 19.6 Å². The first-order valence-corrected chi connectivity index (χ1v) is 10.2. The summed E-state index contributed by atoms with van der Waals surface area (Å²) in [5, 5.41) is 7.00. The molecule has 1 saturated carbocycles. The van der Waals surface area contributed by atoms with Crippen molar-refractivity contribution >= 4 is 6.03 Å². The van der Waals surface area contributed by atoms with E-state index in [1.807, 2.05) is 6.92 Å². The predicted molar refractivity (Wildman–Crippen MR) is 99.7 cm³/mol. The van der Waals surface area contributed by atoms with Crippen molar-refractivity contribution < 1.29 is 9.32 Å². The van der Waals surface area contributed by atoms with Crippen molar-refractivity contribution in [3.8, 4) is 0 Å². The smallest absolute Gasteiger partial charge is 0.317 e. The Morgan fingerprint density at radius 2 is 2.08 bits per heavy atom. The summed E-state index contributed by atoms with van der Waals surface area (Å²) < 4.78 is 5.09. The van der Waals surface area contributed by atoms with E-state index < -0.39 is 0 Å². The summed E-state index contributed by atoms with van der Waals surface area (Å²) in [5.74, 6) is 1.72. The highest BCUT2D eigenvalue weighted by molar-refractivity contribution is 5.73. The number of aryl methyl sites for hydroxylation is 1. The number of piperidine rings is 1. The average molecular weight is 364 g/mol. The van der Waals surface area contributed by atoms with E-state index in [1.165, 1.54) is 51.5 Å². The Morgan fingerprint density at radius 1 is 1.27 bits per heavy atom. The second kappa shape index (κ2) is 9.35. The van der Waals surface area contributed by atoms with Crippen molar-refractivity contribution in [2.45, 2.75) is 70.9 Å². The van der Waals surface area contributed by atoms with Crippen LogP contribution >= 0.6 is 0 Å². The number of aromatic nitrogens is 2. The van der Waals surface area contributed by atoms with Crippen molar-refractivity contribution in [2.24, 2.45) is 5.92 Å². The fraction of sp³-hybridized carbons (Fsp3) is 0.842. The molecule has 0 unspecified atom stereocenters. The molecule has 0 spiro atoms. The molecule has 1 aliphatic heterocycles. The number of nitrogens with one attached hydrogen (secondary N) is 1. The Kier molecular flexibility index (Phi) is 6.88. The Hall–Kier alpha value is -1.63. The van der Waals surface area contributed by atoms with Gasteiger partial charge in [-0.3, -0.25) is 0 Å². The lowest BCUT2D eigenvalue weighted by Crippen LogP contribution is -2.47. The lowest BCUT2D eigenvalue weighted by atomic mass is 9.90. The zero-order valence-electron chi connectivity index (χ0n) is 16.2. The fourth-order valence-electron chi connectivity index (χ4n) is 4.19. The first kappa shape index (κ1) is 19.1. The van der Waals surface area contributed by atoms with E-state index in [1.54, 1.807) is 11.9 Å². The molecule has 1 atom stereocenters. The minimum absolute atomic E-state index is 0.0670. The molecular formula is C19H33N5O2. The Morgan fingerprint density at radius 3 is 2.81 bits per heavy atom. The lowest BCUT2D eigenvalue weighted by molar-refractivity contribution is 0.0979. The van der Waals surface area contributed by atoms with Gasteiger partial charge in [-0.05, 0) is 38.1 Å². The fourth-order valence-corrected chi connectivity index (χ4v) is 4.19. The zero-order chi connectivity index (χ0) is 18.4. The predicted octanol–water partition coefficient (Wildman–Crippen LogP) is 2.82. The number of urea groups is 1. The van der Waals surface area contributed by atoms with E-state index in [0.717, 1.165) is 19.1 Å². The molecule has 2 aliphatic rings. The number of hydrogen-bond donors (Lipinski definition) is 1. The second-order valence-corrected chi connectivity index (χ2v) is 7.80. The Bertz CT molecular complexity index is 570. The molecule has 146 valence electrons. The number of nitrogens with zero attached hydrogens (tertiary/aromatic N) is 4. The van der Waals surface area contributed by atoms with Gasteiger partial charge >= 0.3 is 6.03 Å². The van der Waals surface area contributed by atoms with E-state index in [-0.39, 0.29) is 6.03 Å². The van der Waals surface area contributed by atoms with Crippen molar-refractivity contribution in [2.75, 3.05) is 26.7 Å². The molecule has 0 bridgehead atoms. The summed E-state index contributed by atoms with van der Waals surface area (Å²) in [5.41, 5.74) is 0. The molecular weight excluding hydrogens is 330 g/mol. The zero-order valence-corrected chi connectivity index (χ0v) is 16.2. The van der Waals surface area contributed by atoms with Crippen LogP contribution in [-0.4, -0.2) is 58.7 Å². The first-order chi connectivity index (χ1) is 12.7. The van der Waals surface area contributed by atoms with Gasteiger partial charge in [0, 0.05) is 32.6 Å². The van der Waals surface area contributed by atoms with Gasteiger partial charge in [-0.25, -0.2) is 4.79 Å². The quantitative estimate of drug-likeness (QED) is 0.841. The van der Waals surface area contributed by atoms with E-state index in [0.29, 0.717) is 30.6 Å². The standard InChI is InChI=1S/C19H33N5O2/c1-3-18-21-17(22-26-18)14-23(2)19(25)20-12-15-8-7-11-24(13-15)16-9-5-4-6-10-16/h15-16H,3-14H2,1-2H3,(H,20,25)/t15-/m0/s1. The molecule has 2 amide bonds. The number of carbonyl (C=O) groups is 1. The topological polar surface area (TPSA) is 74.5 Å². The van der Waals surface area contributed by atoms with Crippen molar-refractivity contribution in [3.63, 3.8) is 0 Å². The van der Waals surface area contributed by atoms with Gasteiger partial charge in [0.15, 0.2) is 5.82 Å². The molecule has 1 aliphatic carbocycles. The van der Waals surface area contributed by atoms with Crippen LogP contribution in [0.1, 0.15) is 63.6 Å². The summed E-state index contributed by atoms with van der Waals surface area (Å²) in [6.45, 7) is 5.44. The normalized spacial score (nSPS) is 22.3. The molecule has 1 N–H and O–H groups in total. The summed E-state index contributed by atoms with van der Waals surface area (Å²) in [4.78, 5) is 20.9. The summed E-state index contributed by atoms with van der Waals surface area (Å²) in [6, 6.07) is 0.707. The molecule has 7 nitrogen and oxygen atoms in total. The maximum atomic E-state index is 12.4. The third-order valence-electron chi connectivity index (χ3n) is 5.72. The number of hydrogen-bond acceptors (Lipinski definition) is 5. The van der Waals surface area contributed by atoms with Crippen LogP contribution in [0.4, 0.5) is 4.79 Å². The number of likely N-dealkylation sites (tertiary alicyclic amines) is 1. The SMILES string of the molecule is CCc1nc(CN(C)C(=O)NC[C@@H]2CCCN(C3CCCCC3)C2)no1. The molecule has 1 aromatic rings. The van der Waals surface area contributed by atoms with Crippen LogP contribution in [0.3, 0.4) is 0 Å². The third-order valence-corrected chi connectivity index (χ3v) is 5.72. The molecule has 26 heavy (non-hydrogen) atoms. The van der Waals surface area contributed by atoms with Gasteiger partial charge in [0.2, 0.25) is 5.89 Å². The second-order valence-electron chi connectivity index (χ2n) is 7.80. The Balaban J connectivity index is 1.41. The Labute approximate surface area is 156 Å². The summed E-state index contributed by atoms with van der Waals surface area (Å²) >= 11 is 0. The van der Waals surface area contributed by atoms with Gasteiger partial charge in [0.05, 0.1) is 6.54 Å². The molecule has 1 aromatic heterocycles. The van der Waals surface area contributed by atoms with Crippen LogP contribution < -0.4 is 5.32 Å². The van der Waals surface area contributed by atoms with Crippen molar-refractivity contribution in [1.82, 2.24) is 25.3 Å². The largest absolute Gasteiger partial charge is 0.339 e. The summed E-state index contributed by atoms with van der Waals surface area (Å²) in [7, 11) is 1.77. The highest BCUT2D eigenvalue weighted by Gasteiger charge is 2.27. The molecule has 2 fully saturated rings. The first-order valence-electron chi connectivity index (χ1n) is 10.2. The third kappa shape index (κ3) is 5.19. The molecule has 0 radical (unpaired) electrons. The van der Waals surface area contributed by atoms with E-state index in [2.05, 4.69) is 20.4 Å². The van der Waals surface area contributed by atoms with Gasteiger partial charge in [0.1, 0.15) is 0 Å². The highest BCUT2D eigenvalue weighted by Crippen LogP contribution is 2.26. The van der Waals surface area contributed by atoms with Crippen LogP contribution in [0.15, 0.2) is 4.52 Å². The molecule has 1 saturated heterocycles. The van der Waals surface area contributed by atoms with Crippen LogP contribution in [0.25, 0.3) is 0 Å². The molecule has 7 heteroatoms. The van der Waals surface area contributed by atoms with Gasteiger partial charge in [0.25, 0.3) is 0 Å². The lowest BCUT2D eigenvalue weighted by Gasteiger charge is -2.40. The van der Waals surface area contributed by atoms with Crippen LogP contribution in [0.2, 0.25) is 0 Å². The van der Waals surface area contributed by atoms with E-state index in [9.17, 15) is 4.79 Å². The van der Waals surface area contributed by atoms with Crippen LogP contribution in [0, 0.1) is 5.92 Å². The highest BCUT2D eigenvalue weighted by atomic mass is 16.5. The number of carbonyl (C=O) groups excluding carboxylic acids is 1. The maximum absolute atomic E-state index is 12.4. The van der Waals surface area contributed by atoms with Crippen molar-refractivity contribution in [3.05, 3.63) is 11.7 Å². The van der Waals surface area contributed by atoms with Crippen molar-refractivity contribution in [1.29, 1.82) is 0 Å². The molecule has 2 heterocycles. The van der Waals surface area contributed by atoms with Gasteiger partial charge in [-0.1, -0.05) is 31.3 Å². The van der Waals surface area contributed by atoms with Gasteiger partial charge in [-0.15, -0.1) is 0 Å². The molecule has 3 rings (SSSR count). The van der Waals surface area contributed by atoms with Gasteiger partial charge in [-0.2, -0.15) is 4.98 Å². The minimum Gasteiger partial charge on any atom is -0.339 e. The number of rotatable bonds is 6. The minimum atomic E-state index is -0.0670. The monoisotopic (exact) mass is 363 g/mol. The average Bonchev–Trinajstić information content (AvgIpc) is 3.14. The maximum Gasteiger partial charge on any atom is 0.317 e. The van der Waals surface area contributed by atoms with Crippen LogP contribution in [0.5, 0.6) is 0 Å². The van der Waals surface area contributed by atoms with E-state index in [4.69, 9.17) is 4.52 Å².